The molecule has 1 N–H and O–H groups in total. The van der Waals surface area contributed by atoms with Crippen molar-refractivity contribution in [1.29, 1.82) is 0 Å². The quantitative estimate of drug-likeness (QED) is 0.679. The van der Waals surface area contributed by atoms with Crippen molar-refractivity contribution >= 4 is 35.3 Å². The fourth-order valence-electron chi connectivity index (χ4n) is 1.39. The summed E-state index contributed by atoms with van der Waals surface area (Å²) in [6.45, 7) is -0.207. The number of halogens is 2. The number of hydrazone groups is 1. The van der Waals surface area contributed by atoms with Gasteiger partial charge in [-0.15, -0.1) is 0 Å². The van der Waals surface area contributed by atoms with Gasteiger partial charge in [0.15, 0.2) is 6.61 Å². The second-order valence-corrected chi connectivity index (χ2v) is 4.75. The minimum atomic E-state index is -0.409. The van der Waals surface area contributed by atoms with E-state index in [0.717, 1.165) is 0 Å². The molecule has 5 nitrogen and oxygen atoms in total. The van der Waals surface area contributed by atoms with Crippen LogP contribution in [0.25, 0.3) is 0 Å². The van der Waals surface area contributed by atoms with Gasteiger partial charge in [0.25, 0.3) is 5.91 Å². The third-order valence-corrected chi connectivity index (χ3v) is 2.86. The summed E-state index contributed by atoms with van der Waals surface area (Å²) in [5, 5.41) is 4.61. The number of pyridine rings is 1. The van der Waals surface area contributed by atoms with Gasteiger partial charge in [-0.05, 0) is 30.3 Å². The highest BCUT2D eigenvalue weighted by atomic mass is 35.5. The largest absolute Gasteiger partial charge is 0.482 e. The molecular formula is C14H11Cl2N3O2. The van der Waals surface area contributed by atoms with Crippen LogP contribution in [0.4, 0.5) is 0 Å². The molecular weight excluding hydrogens is 313 g/mol. The van der Waals surface area contributed by atoms with E-state index in [1.807, 2.05) is 6.07 Å². The molecule has 0 bridgehead atoms. The molecule has 1 aromatic heterocycles. The predicted molar refractivity (Wildman–Crippen MR) is 81.9 cm³/mol. The number of carbonyl (C=O) groups excluding carboxylic acids is 1. The van der Waals surface area contributed by atoms with E-state index in [0.29, 0.717) is 21.5 Å². The van der Waals surface area contributed by atoms with Gasteiger partial charge in [0.1, 0.15) is 5.75 Å². The van der Waals surface area contributed by atoms with Gasteiger partial charge >= 0.3 is 0 Å². The highest BCUT2D eigenvalue weighted by Gasteiger charge is 2.05. The average molecular weight is 324 g/mol. The third kappa shape index (κ3) is 5.06. The lowest BCUT2D eigenvalue weighted by molar-refractivity contribution is -0.123. The van der Waals surface area contributed by atoms with E-state index in [-0.39, 0.29) is 6.61 Å². The maximum absolute atomic E-state index is 11.5. The molecule has 0 unspecified atom stereocenters. The topological polar surface area (TPSA) is 63.6 Å². The van der Waals surface area contributed by atoms with Gasteiger partial charge in [0.2, 0.25) is 0 Å². The number of nitrogens with one attached hydrogen (secondary N) is 1. The summed E-state index contributed by atoms with van der Waals surface area (Å²) in [5.74, 6) is -0.0295. The van der Waals surface area contributed by atoms with Crippen LogP contribution in [0.1, 0.15) is 5.69 Å². The van der Waals surface area contributed by atoms with Crippen LogP contribution >= 0.6 is 23.2 Å². The SMILES string of the molecule is O=C(COc1ccc(Cl)cc1Cl)N/N=C\c1ccccn1. The van der Waals surface area contributed by atoms with E-state index in [9.17, 15) is 4.79 Å². The Bertz CT molecular complexity index is 648. The second-order valence-electron chi connectivity index (χ2n) is 3.91. The van der Waals surface area contributed by atoms with Crippen LogP contribution in [0, 0.1) is 0 Å². The molecule has 7 heteroatoms. The summed E-state index contributed by atoms with van der Waals surface area (Å²) in [6.07, 6.45) is 3.07. The molecule has 0 spiro atoms. The maximum Gasteiger partial charge on any atom is 0.277 e. The summed E-state index contributed by atoms with van der Waals surface area (Å²) in [4.78, 5) is 15.6. The molecule has 0 atom stereocenters. The van der Waals surface area contributed by atoms with Gasteiger partial charge in [-0.1, -0.05) is 29.3 Å². The standard InChI is InChI=1S/C14H11Cl2N3O2/c15-10-4-5-13(12(16)7-10)21-9-14(20)19-18-8-11-3-1-2-6-17-11/h1-8H,9H2,(H,19,20)/b18-8-. The molecule has 2 aromatic rings. The zero-order valence-corrected chi connectivity index (χ0v) is 12.3. The molecule has 0 saturated heterocycles. The van der Waals surface area contributed by atoms with Gasteiger partial charge in [0.05, 0.1) is 16.9 Å². The molecule has 21 heavy (non-hydrogen) atoms. The lowest BCUT2D eigenvalue weighted by Gasteiger charge is -2.06. The Morgan fingerprint density at radius 1 is 1.33 bits per heavy atom. The number of hydrogen-bond acceptors (Lipinski definition) is 4. The van der Waals surface area contributed by atoms with Crippen molar-refractivity contribution in [3.8, 4) is 5.75 Å². The molecule has 0 saturated carbocycles. The minimum Gasteiger partial charge on any atom is -0.482 e. The summed E-state index contributed by atoms with van der Waals surface area (Å²) in [7, 11) is 0. The Morgan fingerprint density at radius 3 is 2.90 bits per heavy atom. The number of amides is 1. The van der Waals surface area contributed by atoms with Gasteiger partial charge in [-0.25, -0.2) is 5.43 Å². The highest BCUT2D eigenvalue weighted by Crippen LogP contribution is 2.27. The zero-order chi connectivity index (χ0) is 15.1. The van der Waals surface area contributed by atoms with E-state index in [2.05, 4.69) is 15.5 Å². The third-order valence-electron chi connectivity index (χ3n) is 2.33. The van der Waals surface area contributed by atoms with E-state index in [1.54, 1.807) is 30.5 Å². The molecule has 0 aliphatic heterocycles. The van der Waals surface area contributed by atoms with Crippen LogP contribution < -0.4 is 10.2 Å². The number of aromatic nitrogens is 1. The van der Waals surface area contributed by atoms with Crippen molar-refractivity contribution in [3.05, 3.63) is 58.3 Å². The Morgan fingerprint density at radius 2 is 2.19 bits per heavy atom. The van der Waals surface area contributed by atoms with Gasteiger partial charge in [0, 0.05) is 11.2 Å². The van der Waals surface area contributed by atoms with Crippen molar-refractivity contribution in [2.24, 2.45) is 5.10 Å². The van der Waals surface area contributed by atoms with Crippen molar-refractivity contribution in [3.63, 3.8) is 0 Å². The molecule has 0 radical (unpaired) electrons. The smallest absolute Gasteiger partial charge is 0.277 e. The lowest BCUT2D eigenvalue weighted by atomic mass is 10.3. The molecule has 1 amide bonds. The summed E-state index contributed by atoms with van der Waals surface area (Å²) in [5.41, 5.74) is 2.97. The summed E-state index contributed by atoms with van der Waals surface area (Å²) < 4.78 is 5.26. The molecule has 1 aromatic carbocycles. The van der Waals surface area contributed by atoms with Crippen LogP contribution in [0.2, 0.25) is 10.0 Å². The first-order chi connectivity index (χ1) is 10.1. The van der Waals surface area contributed by atoms with Crippen LogP contribution in [0.5, 0.6) is 5.75 Å². The number of ether oxygens (including phenoxy) is 1. The van der Waals surface area contributed by atoms with Crippen LogP contribution in [-0.4, -0.2) is 23.7 Å². The van der Waals surface area contributed by atoms with Gasteiger partial charge < -0.3 is 4.74 Å². The van der Waals surface area contributed by atoms with Gasteiger partial charge in [-0.3, -0.25) is 9.78 Å². The molecule has 1 heterocycles. The lowest BCUT2D eigenvalue weighted by Crippen LogP contribution is -2.24. The normalized spacial score (nSPS) is 10.6. The Labute approximate surface area is 131 Å². The first-order valence-electron chi connectivity index (χ1n) is 5.96. The molecule has 108 valence electrons. The highest BCUT2D eigenvalue weighted by molar-refractivity contribution is 6.35. The molecule has 0 fully saturated rings. The maximum atomic E-state index is 11.5. The fourth-order valence-corrected chi connectivity index (χ4v) is 1.85. The number of nitrogens with zero attached hydrogens (tertiary/aromatic N) is 2. The Balaban J connectivity index is 1.81. The minimum absolute atomic E-state index is 0.207. The van der Waals surface area contributed by atoms with Crippen molar-refractivity contribution in [2.75, 3.05) is 6.61 Å². The van der Waals surface area contributed by atoms with Crippen molar-refractivity contribution in [1.82, 2.24) is 10.4 Å². The zero-order valence-electron chi connectivity index (χ0n) is 10.8. The van der Waals surface area contributed by atoms with Crippen molar-refractivity contribution < 1.29 is 9.53 Å². The first kappa shape index (κ1) is 15.3. The Kier molecular flexibility index (Phi) is 5.54. The van der Waals surface area contributed by atoms with Crippen molar-refractivity contribution in [2.45, 2.75) is 0 Å². The molecule has 2 rings (SSSR count). The second kappa shape index (κ2) is 7.61. The molecule has 0 aliphatic carbocycles. The number of rotatable bonds is 5. The first-order valence-corrected chi connectivity index (χ1v) is 6.71. The summed E-state index contributed by atoms with van der Waals surface area (Å²) in [6, 6.07) is 10.1. The molecule has 0 aliphatic rings. The monoisotopic (exact) mass is 323 g/mol. The van der Waals surface area contributed by atoms with Crippen LogP contribution in [0.15, 0.2) is 47.7 Å². The summed E-state index contributed by atoms with van der Waals surface area (Å²) >= 11 is 11.7. The van der Waals surface area contributed by atoms with E-state index in [4.69, 9.17) is 27.9 Å². The number of hydrogen-bond donors (Lipinski definition) is 1. The average Bonchev–Trinajstić information content (AvgIpc) is 2.47. The fraction of sp³-hybridized carbons (Fsp3) is 0.0714. The van der Waals surface area contributed by atoms with Gasteiger partial charge in [-0.2, -0.15) is 5.10 Å². The van der Waals surface area contributed by atoms with Crippen LogP contribution in [0.3, 0.4) is 0 Å². The van der Waals surface area contributed by atoms with E-state index in [1.165, 1.54) is 12.3 Å². The van der Waals surface area contributed by atoms with Crippen LogP contribution in [-0.2, 0) is 4.79 Å². The Hall–Kier alpha value is -2.11. The van der Waals surface area contributed by atoms with E-state index < -0.39 is 5.91 Å². The van der Waals surface area contributed by atoms with E-state index >= 15 is 0 Å². The number of benzene rings is 1. The predicted octanol–water partition coefficient (Wildman–Crippen LogP) is 2.92. The number of carbonyl (C=O) groups is 1.